The second-order valence-electron chi connectivity index (χ2n) is 5.72. The molecule has 1 N–H and O–H groups in total. The van der Waals surface area contributed by atoms with E-state index in [2.05, 4.69) is 20.4 Å². The summed E-state index contributed by atoms with van der Waals surface area (Å²) in [6.45, 7) is 0.816. The van der Waals surface area contributed by atoms with Gasteiger partial charge in [0.25, 0.3) is 5.78 Å². The minimum absolute atomic E-state index is 0.136. The number of nitrogens with zero attached hydrogens (tertiary/aromatic N) is 4. The SMILES string of the molecule is CC(Nc1c(-c2c(F)cc([S+](C)[O-])cc2F)c(Cl)nc2ncnn12)C(F)(F)F. The predicted octanol–water partition coefficient (Wildman–Crippen LogP) is 3.82. The Morgan fingerprint density at radius 1 is 1.21 bits per heavy atom. The molecule has 28 heavy (non-hydrogen) atoms. The number of anilines is 1. The summed E-state index contributed by atoms with van der Waals surface area (Å²) < 4.78 is 80.9. The molecule has 3 rings (SSSR count). The Balaban J connectivity index is 2.30. The molecule has 13 heteroatoms. The van der Waals surface area contributed by atoms with Gasteiger partial charge in [-0.15, -0.1) is 0 Å². The number of alkyl halides is 3. The van der Waals surface area contributed by atoms with Gasteiger partial charge in [-0.2, -0.15) is 32.8 Å². The van der Waals surface area contributed by atoms with Crippen molar-refractivity contribution in [3.05, 3.63) is 35.2 Å². The van der Waals surface area contributed by atoms with Gasteiger partial charge in [0.15, 0.2) is 4.90 Å². The molecule has 3 aromatic rings. The van der Waals surface area contributed by atoms with Crippen LogP contribution in [-0.2, 0) is 11.2 Å². The fraction of sp³-hybridized carbons (Fsp3) is 0.267. The molecule has 0 aliphatic rings. The van der Waals surface area contributed by atoms with E-state index < -0.39 is 57.1 Å². The van der Waals surface area contributed by atoms with E-state index in [9.17, 15) is 26.5 Å². The van der Waals surface area contributed by atoms with Crippen molar-refractivity contribution in [2.75, 3.05) is 11.6 Å². The molecular weight excluding hydrogens is 429 g/mol. The summed E-state index contributed by atoms with van der Waals surface area (Å²) in [7, 11) is 0. The second kappa shape index (κ2) is 7.33. The van der Waals surface area contributed by atoms with Crippen LogP contribution in [0.25, 0.3) is 16.9 Å². The topological polar surface area (TPSA) is 78.2 Å². The third kappa shape index (κ3) is 3.71. The summed E-state index contributed by atoms with van der Waals surface area (Å²) in [6.07, 6.45) is -2.44. The summed E-state index contributed by atoms with van der Waals surface area (Å²) in [5.41, 5.74) is -1.21. The Bertz CT molecular complexity index is 1020. The summed E-state index contributed by atoms with van der Waals surface area (Å²) in [6, 6.07) is -0.480. The van der Waals surface area contributed by atoms with Crippen molar-refractivity contribution < 1.29 is 26.5 Å². The van der Waals surface area contributed by atoms with E-state index in [-0.39, 0.29) is 10.7 Å². The largest absolute Gasteiger partial charge is 0.612 e. The van der Waals surface area contributed by atoms with E-state index in [4.69, 9.17) is 11.6 Å². The van der Waals surface area contributed by atoms with E-state index in [0.29, 0.717) is 0 Å². The van der Waals surface area contributed by atoms with Crippen LogP contribution < -0.4 is 5.32 Å². The highest BCUT2D eigenvalue weighted by molar-refractivity contribution is 7.90. The van der Waals surface area contributed by atoms with Crippen molar-refractivity contribution in [2.45, 2.75) is 24.0 Å². The Morgan fingerprint density at radius 2 is 1.82 bits per heavy atom. The number of rotatable bonds is 4. The van der Waals surface area contributed by atoms with E-state index in [1.54, 1.807) is 0 Å². The van der Waals surface area contributed by atoms with Crippen LogP contribution in [0, 0.1) is 11.6 Å². The minimum atomic E-state index is -4.67. The molecule has 6 nitrogen and oxygen atoms in total. The molecule has 0 radical (unpaired) electrons. The molecule has 0 spiro atoms. The van der Waals surface area contributed by atoms with Gasteiger partial charge in [-0.25, -0.2) is 8.78 Å². The van der Waals surface area contributed by atoms with Gasteiger partial charge in [0.1, 0.15) is 41.2 Å². The Labute approximate surface area is 162 Å². The van der Waals surface area contributed by atoms with Crippen molar-refractivity contribution in [1.82, 2.24) is 19.6 Å². The van der Waals surface area contributed by atoms with Crippen LogP contribution >= 0.6 is 11.6 Å². The van der Waals surface area contributed by atoms with E-state index in [1.165, 1.54) is 6.26 Å². The lowest BCUT2D eigenvalue weighted by Crippen LogP contribution is -2.34. The molecule has 2 aromatic heterocycles. The Morgan fingerprint density at radius 3 is 2.36 bits per heavy atom. The fourth-order valence-corrected chi connectivity index (χ4v) is 3.21. The number of hydrogen-bond acceptors (Lipinski definition) is 5. The lowest BCUT2D eigenvalue weighted by atomic mass is 10.1. The van der Waals surface area contributed by atoms with Crippen LogP contribution in [0.4, 0.5) is 27.8 Å². The molecule has 0 amide bonds. The molecule has 0 saturated carbocycles. The smallest absolute Gasteiger partial charge is 0.408 e. The number of benzene rings is 1. The first kappa shape index (κ1) is 20.6. The third-order valence-corrected chi connectivity index (χ3v) is 5.00. The minimum Gasteiger partial charge on any atom is -0.612 e. The van der Waals surface area contributed by atoms with Gasteiger partial charge in [-0.05, 0) is 18.1 Å². The lowest BCUT2D eigenvalue weighted by molar-refractivity contribution is -0.138. The van der Waals surface area contributed by atoms with Crippen LogP contribution in [0.1, 0.15) is 6.92 Å². The molecule has 2 atom stereocenters. The van der Waals surface area contributed by atoms with Crippen molar-refractivity contribution in [3.8, 4) is 11.1 Å². The summed E-state index contributed by atoms with van der Waals surface area (Å²) >= 11 is 4.35. The molecule has 150 valence electrons. The average molecular weight is 440 g/mol. The van der Waals surface area contributed by atoms with E-state index in [1.807, 2.05) is 0 Å². The molecular formula is C15H11ClF5N5OS. The van der Waals surface area contributed by atoms with Crippen LogP contribution in [0.3, 0.4) is 0 Å². The van der Waals surface area contributed by atoms with Crippen LogP contribution in [-0.4, -0.2) is 42.6 Å². The molecule has 2 unspecified atom stereocenters. The highest BCUT2D eigenvalue weighted by Gasteiger charge is 2.37. The number of nitrogens with one attached hydrogen (secondary N) is 1. The summed E-state index contributed by atoms with van der Waals surface area (Å²) in [5, 5.41) is 5.39. The Hall–Kier alpha value is -2.18. The molecule has 1 aromatic carbocycles. The lowest BCUT2D eigenvalue weighted by Gasteiger charge is -2.21. The van der Waals surface area contributed by atoms with Gasteiger partial charge in [-0.3, -0.25) is 0 Å². The van der Waals surface area contributed by atoms with Crippen molar-refractivity contribution in [3.63, 3.8) is 0 Å². The van der Waals surface area contributed by atoms with Crippen molar-refractivity contribution in [2.24, 2.45) is 0 Å². The molecule has 0 fully saturated rings. The maximum Gasteiger partial charge on any atom is 0.408 e. The fourth-order valence-electron chi connectivity index (χ4n) is 2.41. The van der Waals surface area contributed by atoms with Crippen LogP contribution in [0.15, 0.2) is 23.4 Å². The first-order valence-electron chi connectivity index (χ1n) is 7.56. The zero-order valence-corrected chi connectivity index (χ0v) is 15.8. The molecule has 0 aliphatic heterocycles. The quantitative estimate of drug-likeness (QED) is 0.380. The molecule has 2 heterocycles. The van der Waals surface area contributed by atoms with Gasteiger partial charge in [0.2, 0.25) is 0 Å². The summed E-state index contributed by atoms with van der Waals surface area (Å²) in [5.74, 6) is -2.95. The van der Waals surface area contributed by atoms with Crippen molar-refractivity contribution >= 4 is 34.4 Å². The van der Waals surface area contributed by atoms with E-state index in [0.717, 1.165) is 29.9 Å². The van der Waals surface area contributed by atoms with Gasteiger partial charge in [0, 0.05) is 12.1 Å². The van der Waals surface area contributed by atoms with Gasteiger partial charge in [-0.1, -0.05) is 11.6 Å². The van der Waals surface area contributed by atoms with Gasteiger partial charge in [0.05, 0.1) is 11.1 Å². The Kier molecular flexibility index (Phi) is 5.38. The zero-order chi connectivity index (χ0) is 20.8. The number of fused-ring (bicyclic) bond motifs is 1. The first-order chi connectivity index (χ1) is 13.0. The van der Waals surface area contributed by atoms with Crippen LogP contribution in [0.5, 0.6) is 0 Å². The maximum absolute atomic E-state index is 14.7. The third-order valence-electron chi connectivity index (χ3n) is 3.82. The number of hydrogen-bond donors (Lipinski definition) is 1. The number of aromatic nitrogens is 4. The first-order valence-corrected chi connectivity index (χ1v) is 9.49. The maximum atomic E-state index is 14.7. The zero-order valence-electron chi connectivity index (χ0n) is 14.2. The highest BCUT2D eigenvalue weighted by Crippen LogP contribution is 2.39. The molecule has 0 saturated heterocycles. The van der Waals surface area contributed by atoms with Gasteiger partial charge >= 0.3 is 6.18 Å². The summed E-state index contributed by atoms with van der Waals surface area (Å²) in [4.78, 5) is 7.42. The normalized spacial score (nSPS) is 14.3. The molecule has 0 bridgehead atoms. The monoisotopic (exact) mass is 439 g/mol. The standard InChI is InChI=1S/C15H11ClF5N5OS/c1-6(15(19,20)21)24-13-11(12(16)25-14-22-5-23-26(13)14)10-8(17)3-7(28(2)27)4-9(10)18/h3-6,24H,1-2H3. The van der Waals surface area contributed by atoms with Crippen LogP contribution in [0.2, 0.25) is 5.15 Å². The highest BCUT2D eigenvalue weighted by atomic mass is 35.5. The van der Waals surface area contributed by atoms with E-state index >= 15 is 0 Å². The van der Waals surface area contributed by atoms with Crippen molar-refractivity contribution in [1.29, 1.82) is 0 Å². The molecule has 0 aliphatic carbocycles. The van der Waals surface area contributed by atoms with Gasteiger partial charge < -0.3 is 9.87 Å². The predicted molar refractivity (Wildman–Crippen MR) is 92.6 cm³/mol. The number of halogens is 6. The second-order valence-corrected chi connectivity index (χ2v) is 7.46. The average Bonchev–Trinajstić information content (AvgIpc) is 3.03.